The number of nitrogens with one attached hydrogen (secondary N) is 1. The van der Waals surface area contributed by atoms with E-state index in [1.807, 2.05) is 18.2 Å². The zero-order valence-electron chi connectivity index (χ0n) is 10.7. The number of aromatic nitrogens is 4. The van der Waals surface area contributed by atoms with Crippen molar-refractivity contribution in [3.05, 3.63) is 30.6 Å². The molecule has 0 fully saturated rings. The molecule has 19 heavy (non-hydrogen) atoms. The molecule has 0 aliphatic carbocycles. The number of amides is 1. The molecule has 2 rings (SSSR count). The van der Waals surface area contributed by atoms with E-state index in [1.54, 1.807) is 19.9 Å². The number of benzene rings is 1. The van der Waals surface area contributed by atoms with Gasteiger partial charge in [-0.25, -0.2) is 0 Å². The smallest absolute Gasteiger partial charge is 0.231 e. The van der Waals surface area contributed by atoms with Gasteiger partial charge in [-0.1, -0.05) is 12.1 Å². The minimum absolute atomic E-state index is 0.150. The minimum Gasteiger partial charge on any atom is -0.324 e. The summed E-state index contributed by atoms with van der Waals surface area (Å²) in [5.74, 6) is 0.0920. The number of para-hydroxylation sites is 2. The summed E-state index contributed by atoms with van der Waals surface area (Å²) in [7, 11) is 0. The molecule has 0 spiro atoms. The predicted molar refractivity (Wildman–Crippen MR) is 72.3 cm³/mol. The normalized spacial score (nSPS) is 11.3. The van der Waals surface area contributed by atoms with Gasteiger partial charge in [0.1, 0.15) is 6.33 Å². The summed E-state index contributed by atoms with van der Waals surface area (Å²) in [6.07, 6.45) is 1.47. The van der Waals surface area contributed by atoms with Crippen LogP contribution in [0.3, 0.4) is 0 Å². The highest BCUT2D eigenvalue weighted by atomic mass is 35.5. The van der Waals surface area contributed by atoms with E-state index in [-0.39, 0.29) is 11.8 Å². The Morgan fingerprint density at radius 1 is 1.42 bits per heavy atom. The first-order chi connectivity index (χ1) is 9.04. The molecule has 0 saturated heterocycles. The van der Waals surface area contributed by atoms with Crippen molar-refractivity contribution in [1.29, 1.82) is 0 Å². The molecule has 100 valence electrons. The van der Waals surface area contributed by atoms with Crippen molar-refractivity contribution in [2.45, 2.75) is 13.8 Å². The number of hydrogen-bond donors (Lipinski definition) is 1. The average molecular weight is 280 g/mol. The molecule has 0 aliphatic heterocycles. The molecule has 0 aliphatic rings. The first-order valence-electron chi connectivity index (χ1n) is 5.74. The van der Waals surface area contributed by atoms with Crippen LogP contribution in [0.15, 0.2) is 30.6 Å². The van der Waals surface area contributed by atoms with Crippen molar-refractivity contribution in [2.75, 3.05) is 11.2 Å². The third-order valence-corrected chi connectivity index (χ3v) is 3.36. The highest BCUT2D eigenvalue weighted by molar-refractivity contribution is 6.20. The Hall–Kier alpha value is -1.95. The Morgan fingerprint density at radius 2 is 2.16 bits per heavy atom. The maximum Gasteiger partial charge on any atom is 0.231 e. The van der Waals surface area contributed by atoms with E-state index in [9.17, 15) is 4.79 Å². The molecular weight excluding hydrogens is 266 g/mol. The zero-order chi connectivity index (χ0) is 13.9. The number of carbonyl (C=O) groups is 1. The number of alkyl halides is 1. The van der Waals surface area contributed by atoms with E-state index >= 15 is 0 Å². The molecule has 0 radical (unpaired) electrons. The lowest BCUT2D eigenvalue weighted by molar-refractivity contribution is -0.122. The van der Waals surface area contributed by atoms with E-state index in [4.69, 9.17) is 11.6 Å². The molecule has 1 aromatic carbocycles. The molecule has 0 bridgehead atoms. The van der Waals surface area contributed by atoms with Gasteiger partial charge in [-0.15, -0.1) is 16.7 Å². The molecule has 1 amide bonds. The van der Waals surface area contributed by atoms with Crippen molar-refractivity contribution in [3.8, 4) is 5.69 Å². The molecule has 2 aromatic rings. The van der Waals surface area contributed by atoms with Crippen LogP contribution in [0.25, 0.3) is 5.69 Å². The van der Waals surface area contributed by atoms with Crippen LogP contribution in [-0.4, -0.2) is 32.0 Å². The molecule has 1 N–H and O–H groups in total. The van der Waals surface area contributed by atoms with Gasteiger partial charge in [-0.05, 0) is 36.4 Å². The lowest BCUT2D eigenvalue weighted by atomic mass is 9.95. The fraction of sp³-hybridized carbons (Fsp3) is 0.333. The third kappa shape index (κ3) is 2.90. The van der Waals surface area contributed by atoms with Crippen molar-refractivity contribution >= 4 is 23.2 Å². The summed E-state index contributed by atoms with van der Waals surface area (Å²) in [6, 6.07) is 7.29. The van der Waals surface area contributed by atoms with E-state index in [0.29, 0.717) is 11.4 Å². The number of tetrazole rings is 1. The molecule has 6 nitrogen and oxygen atoms in total. The Morgan fingerprint density at radius 3 is 2.79 bits per heavy atom. The van der Waals surface area contributed by atoms with Crippen molar-refractivity contribution < 1.29 is 4.79 Å². The van der Waals surface area contributed by atoms with Gasteiger partial charge in [0.05, 0.1) is 16.8 Å². The fourth-order valence-corrected chi connectivity index (χ4v) is 1.52. The predicted octanol–water partition coefficient (Wildman–Crippen LogP) is 1.87. The van der Waals surface area contributed by atoms with Crippen molar-refractivity contribution in [2.24, 2.45) is 5.41 Å². The van der Waals surface area contributed by atoms with Crippen LogP contribution in [0.4, 0.5) is 5.69 Å². The quantitative estimate of drug-likeness (QED) is 0.867. The number of rotatable bonds is 4. The topological polar surface area (TPSA) is 72.7 Å². The summed E-state index contributed by atoms with van der Waals surface area (Å²) in [5.41, 5.74) is 0.694. The molecular formula is C12H14ClN5O. The highest BCUT2D eigenvalue weighted by Crippen LogP contribution is 2.23. The minimum atomic E-state index is -0.644. The van der Waals surface area contributed by atoms with Gasteiger partial charge in [0.25, 0.3) is 0 Å². The van der Waals surface area contributed by atoms with Gasteiger partial charge in [0.2, 0.25) is 5.91 Å². The van der Waals surface area contributed by atoms with Crippen molar-refractivity contribution in [3.63, 3.8) is 0 Å². The summed E-state index contributed by atoms with van der Waals surface area (Å²) in [5, 5.41) is 13.8. The maximum absolute atomic E-state index is 12.1. The highest BCUT2D eigenvalue weighted by Gasteiger charge is 2.27. The molecule has 0 saturated carbocycles. The summed E-state index contributed by atoms with van der Waals surface area (Å²) in [6.45, 7) is 3.57. The number of hydrogen-bond acceptors (Lipinski definition) is 4. The Labute approximate surface area is 115 Å². The van der Waals surface area contributed by atoms with Crippen molar-refractivity contribution in [1.82, 2.24) is 20.2 Å². The fourth-order valence-electron chi connectivity index (χ4n) is 1.40. The number of nitrogens with zero attached hydrogens (tertiary/aromatic N) is 4. The monoisotopic (exact) mass is 279 g/mol. The Balaban J connectivity index is 2.29. The van der Waals surface area contributed by atoms with Gasteiger partial charge in [0, 0.05) is 5.88 Å². The second-order valence-corrected chi connectivity index (χ2v) is 5.01. The number of halogens is 1. The molecule has 7 heteroatoms. The van der Waals surface area contributed by atoms with Crippen LogP contribution >= 0.6 is 11.6 Å². The van der Waals surface area contributed by atoms with Gasteiger partial charge in [0.15, 0.2) is 0 Å². The Kier molecular flexibility index (Phi) is 3.80. The lowest BCUT2D eigenvalue weighted by Crippen LogP contribution is -2.32. The van der Waals surface area contributed by atoms with Crippen LogP contribution in [0.1, 0.15) is 13.8 Å². The summed E-state index contributed by atoms with van der Waals surface area (Å²) < 4.78 is 1.49. The number of anilines is 1. The largest absolute Gasteiger partial charge is 0.324 e. The van der Waals surface area contributed by atoms with Gasteiger partial charge in [-0.2, -0.15) is 4.68 Å². The van der Waals surface area contributed by atoms with E-state index in [1.165, 1.54) is 11.0 Å². The zero-order valence-corrected chi connectivity index (χ0v) is 11.4. The second kappa shape index (κ2) is 5.36. The average Bonchev–Trinajstić information content (AvgIpc) is 2.93. The standard InChI is InChI=1S/C12H14ClN5O/c1-12(2,7-13)11(19)15-9-5-3-4-6-10(9)18-8-14-16-17-18/h3-6,8H,7H2,1-2H3,(H,15,19). The first-order valence-corrected chi connectivity index (χ1v) is 6.28. The third-order valence-electron chi connectivity index (χ3n) is 2.70. The lowest BCUT2D eigenvalue weighted by Gasteiger charge is -2.21. The van der Waals surface area contributed by atoms with Gasteiger partial charge >= 0.3 is 0 Å². The first kappa shape index (κ1) is 13.5. The van der Waals surface area contributed by atoms with Crippen LogP contribution in [0.2, 0.25) is 0 Å². The van der Waals surface area contributed by atoms with E-state index in [0.717, 1.165) is 0 Å². The summed E-state index contributed by atoms with van der Waals surface area (Å²) in [4.78, 5) is 12.1. The van der Waals surface area contributed by atoms with Gasteiger partial charge in [-0.3, -0.25) is 4.79 Å². The van der Waals surface area contributed by atoms with Gasteiger partial charge < -0.3 is 5.32 Å². The maximum atomic E-state index is 12.1. The van der Waals surface area contributed by atoms with Crippen LogP contribution in [-0.2, 0) is 4.79 Å². The van der Waals surface area contributed by atoms with Crippen LogP contribution < -0.4 is 5.32 Å². The molecule has 0 atom stereocenters. The Bertz CT molecular complexity index is 567. The second-order valence-electron chi connectivity index (χ2n) is 4.74. The number of carbonyl (C=O) groups excluding carboxylic acids is 1. The SMILES string of the molecule is CC(C)(CCl)C(=O)Nc1ccccc1-n1cnnn1. The van der Waals surface area contributed by atoms with E-state index in [2.05, 4.69) is 20.8 Å². The molecule has 1 aromatic heterocycles. The van der Waals surface area contributed by atoms with E-state index < -0.39 is 5.41 Å². The molecule has 1 heterocycles. The van der Waals surface area contributed by atoms with Crippen LogP contribution in [0.5, 0.6) is 0 Å². The summed E-state index contributed by atoms with van der Waals surface area (Å²) >= 11 is 5.80. The van der Waals surface area contributed by atoms with Crippen LogP contribution in [0, 0.1) is 5.41 Å². The molecule has 0 unspecified atom stereocenters.